The molecule has 4 unspecified atom stereocenters. The number of aliphatic hydroxyl groups excluding tert-OH is 3. The summed E-state index contributed by atoms with van der Waals surface area (Å²) in [6, 6.07) is 0.321. The molecular formula is C23H26IN3O8. The Morgan fingerprint density at radius 1 is 1.17 bits per heavy atom. The summed E-state index contributed by atoms with van der Waals surface area (Å²) in [6.45, 7) is 0. The highest BCUT2D eigenvalue weighted by Crippen LogP contribution is 2.54. The molecule has 1 aromatic carbocycles. The number of nitrogens with two attached hydrogens (primary N) is 1. The Balaban J connectivity index is 2.06. The number of hydrogen-bond acceptors (Lipinski definition) is 10. The zero-order valence-corrected chi connectivity index (χ0v) is 21.6. The number of halogens is 1. The zero-order chi connectivity index (χ0) is 26.3. The molecule has 188 valence electrons. The van der Waals surface area contributed by atoms with E-state index in [2.05, 4.69) is 0 Å². The number of ketones is 2. The van der Waals surface area contributed by atoms with E-state index in [1.54, 1.807) is 25.1 Å². The Morgan fingerprint density at radius 3 is 2.29 bits per heavy atom. The topological polar surface area (TPSA) is 185 Å². The van der Waals surface area contributed by atoms with Gasteiger partial charge in [0.05, 0.1) is 27.2 Å². The van der Waals surface area contributed by atoms with Crippen LogP contribution in [0.4, 0.5) is 5.69 Å². The molecule has 0 saturated heterocycles. The van der Waals surface area contributed by atoms with Crippen molar-refractivity contribution in [1.29, 1.82) is 0 Å². The van der Waals surface area contributed by atoms with Gasteiger partial charge in [0.25, 0.3) is 5.91 Å². The van der Waals surface area contributed by atoms with Crippen molar-refractivity contribution < 1.29 is 39.9 Å². The van der Waals surface area contributed by atoms with Gasteiger partial charge in [-0.2, -0.15) is 0 Å². The number of carbonyl (C=O) groups excluding carboxylic acids is 3. The fraction of sp³-hybridized carbons (Fsp3) is 0.435. The standard InChI is InChI=1S/C23H26IN3O8/c1-26(2)10-6-9(24)17(29)11-7(10)5-8-12(18(11)30)20(32)23(35)14(16(8)28)15(27(3)4)19(31)13(21(23)33)22(25)34/h6,8,14-16,28-30,33,35H,5H2,1-4H3,(H2,25,34)/t8?,14?,15?,16?,23-/m0/s1. The summed E-state index contributed by atoms with van der Waals surface area (Å²) < 4.78 is 0.394. The third-order valence-electron chi connectivity index (χ3n) is 7.22. The van der Waals surface area contributed by atoms with Crippen LogP contribution >= 0.6 is 22.6 Å². The first-order chi connectivity index (χ1) is 16.2. The molecule has 0 bridgehead atoms. The van der Waals surface area contributed by atoms with Gasteiger partial charge in [-0.05, 0) is 54.7 Å². The molecule has 0 aromatic heterocycles. The molecule has 7 N–H and O–H groups in total. The zero-order valence-electron chi connectivity index (χ0n) is 19.4. The number of carbonyl (C=O) groups is 3. The number of aliphatic hydroxyl groups is 4. The second kappa shape index (κ2) is 8.18. The number of hydrogen-bond donors (Lipinski definition) is 6. The van der Waals surface area contributed by atoms with E-state index in [1.165, 1.54) is 19.0 Å². The smallest absolute Gasteiger partial charge is 0.255 e. The molecule has 0 spiro atoms. The fourth-order valence-electron chi connectivity index (χ4n) is 5.67. The average molecular weight is 599 g/mol. The summed E-state index contributed by atoms with van der Waals surface area (Å²) in [5.74, 6) is -8.29. The maximum atomic E-state index is 13.8. The molecule has 12 heteroatoms. The van der Waals surface area contributed by atoms with E-state index in [9.17, 15) is 39.9 Å². The molecule has 3 aliphatic carbocycles. The Hall–Kier alpha value is -2.68. The maximum Gasteiger partial charge on any atom is 0.255 e. The van der Waals surface area contributed by atoms with Crippen LogP contribution in [0.3, 0.4) is 0 Å². The number of phenols is 1. The van der Waals surface area contributed by atoms with Gasteiger partial charge in [-0.1, -0.05) is 0 Å². The van der Waals surface area contributed by atoms with Crippen molar-refractivity contribution >= 4 is 51.5 Å². The molecule has 3 aliphatic rings. The number of primary amides is 1. The number of benzene rings is 1. The van der Waals surface area contributed by atoms with Crippen LogP contribution in [0.5, 0.6) is 5.75 Å². The van der Waals surface area contributed by atoms with Crippen molar-refractivity contribution in [2.24, 2.45) is 17.6 Å². The van der Waals surface area contributed by atoms with Crippen molar-refractivity contribution in [2.45, 2.75) is 24.2 Å². The van der Waals surface area contributed by atoms with E-state index in [0.717, 1.165) is 0 Å². The van der Waals surface area contributed by atoms with Gasteiger partial charge in [0, 0.05) is 31.3 Å². The molecule has 11 nitrogen and oxygen atoms in total. The minimum Gasteiger partial charge on any atom is -0.508 e. The van der Waals surface area contributed by atoms with Crippen LogP contribution in [-0.4, -0.2) is 93.8 Å². The van der Waals surface area contributed by atoms with E-state index in [0.29, 0.717) is 14.8 Å². The molecule has 0 heterocycles. The first kappa shape index (κ1) is 25.4. The second-order valence-electron chi connectivity index (χ2n) is 9.52. The number of amides is 1. The van der Waals surface area contributed by atoms with Gasteiger partial charge in [0.2, 0.25) is 5.78 Å². The molecule has 1 aromatic rings. The van der Waals surface area contributed by atoms with Gasteiger partial charge in [0.1, 0.15) is 22.8 Å². The number of phenolic OH excluding ortho intramolecular Hbond substituents is 1. The average Bonchev–Trinajstić information content (AvgIpc) is 2.75. The third kappa shape index (κ3) is 3.23. The summed E-state index contributed by atoms with van der Waals surface area (Å²) in [7, 11) is 6.45. The highest BCUT2D eigenvalue weighted by Gasteiger charge is 2.67. The van der Waals surface area contributed by atoms with E-state index >= 15 is 0 Å². The summed E-state index contributed by atoms with van der Waals surface area (Å²) in [4.78, 5) is 42.0. The second-order valence-corrected chi connectivity index (χ2v) is 10.7. The lowest BCUT2D eigenvalue weighted by molar-refractivity contribution is -0.168. The quantitative estimate of drug-likeness (QED) is 0.198. The lowest BCUT2D eigenvalue weighted by Crippen LogP contribution is -2.70. The third-order valence-corrected chi connectivity index (χ3v) is 8.04. The van der Waals surface area contributed by atoms with Crippen LogP contribution in [0.1, 0.15) is 11.1 Å². The van der Waals surface area contributed by atoms with E-state index in [-0.39, 0.29) is 17.7 Å². The SMILES string of the molecule is CN(C)c1cc(I)c(O)c2c1CC1C(=C2O)C(=O)[C@]2(O)C(O)=C(C(N)=O)C(=O)C(N(C)C)C2C1O. The number of likely N-dealkylation sites (N-methyl/N-ethyl adjacent to an activating group) is 1. The Bertz CT molecular complexity index is 1250. The Kier molecular flexibility index (Phi) is 5.94. The van der Waals surface area contributed by atoms with Crippen molar-refractivity contribution in [3.8, 4) is 5.75 Å². The summed E-state index contributed by atoms with van der Waals surface area (Å²) >= 11 is 1.88. The van der Waals surface area contributed by atoms with Gasteiger partial charge < -0.3 is 36.2 Å². The number of rotatable bonds is 3. The summed E-state index contributed by atoms with van der Waals surface area (Å²) in [5, 5.41) is 55.9. The van der Waals surface area contributed by atoms with Crippen molar-refractivity contribution in [1.82, 2.24) is 4.90 Å². The molecule has 0 aliphatic heterocycles. The Morgan fingerprint density at radius 2 is 1.77 bits per heavy atom. The molecular weight excluding hydrogens is 573 g/mol. The minimum absolute atomic E-state index is 0.00625. The van der Waals surface area contributed by atoms with Crippen LogP contribution in [-0.2, 0) is 20.8 Å². The first-order valence-electron chi connectivity index (χ1n) is 10.7. The molecule has 0 radical (unpaired) electrons. The van der Waals surface area contributed by atoms with Crippen LogP contribution < -0.4 is 10.6 Å². The number of Topliss-reactive ketones (excluding diaryl/α,β-unsaturated/α-hetero) is 2. The summed E-state index contributed by atoms with van der Waals surface area (Å²) in [6.07, 6.45) is -1.61. The van der Waals surface area contributed by atoms with Gasteiger partial charge in [-0.15, -0.1) is 0 Å². The van der Waals surface area contributed by atoms with Gasteiger partial charge >= 0.3 is 0 Å². The molecule has 35 heavy (non-hydrogen) atoms. The molecule has 1 amide bonds. The van der Waals surface area contributed by atoms with E-state index in [4.69, 9.17) is 5.73 Å². The predicted molar refractivity (Wildman–Crippen MR) is 133 cm³/mol. The van der Waals surface area contributed by atoms with Crippen LogP contribution in [0, 0.1) is 15.4 Å². The lowest BCUT2D eigenvalue weighted by Gasteiger charge is -2.52. The Labute approximate surface area is 214 Å². The maximum absolute atomic E-state index is 13.8. The minimum atomic E-state index is -2.91. The number of nitrogens with zero attached hydrogens (tertiary/aromatic N) is 2. The largest absolute Gasteiger partial charge is 0.508 e. The van der Waals surface area contributed by atoms with Gasteiger partial charge in [0.15, 0.2) is 11.4 Å². The lowest BCUT2D eigenvalue weighted by atomic mass is 9.56. The normalized spacial score (nSPS) is 30.3. The molecule has 5 atom stereocenters. The van der Waals surface area contributed by atoms with Crippen LogP contribution in [0.25, 0.3) is 5.76 Å². The highest BCUT2D eigenvalue weighted by molar-refractivity contribution is 14.1. The monoisotopic (exact) mass is 599 g/mol. The predicted octanol–water partition coefficient (Wildman–Crippen LogP) is -0.395. The van der Waals surface area contributed by atoms with Crippen molar-refractivity contribution in [3.05, 3.63) is 37.7 Å². The number of aromatic hydroxyl groups is 1. The highest BCUT2D eigenvalue weighted by atomic mass is 127. The van der Waals surface area contributed by atoms with Crippen LogP contribution in [0.2, 0.25) is 0 Å². The molecule has 4 rings (SSSR count). The first-order valence-corrected chi connectivity index (χ1v) is 11.8. The van der Waals surface area contributed by atoms with Crippen molar-refractivity contribution in [3.63, 3.8) is 0 Å². The van der Waals surface area contributed by atoms with Gasteiger partial charge in [-0.3, -0.25) is 19.3 Å². The summed E-state index contributed by atoms with van der Waals surface area (Å²) in [5.41, 5.74) is 2.12. The van der Waals surface area contributed by atoms with Crippen molar-refractivity contribution in [2.75, 3.05) is 33.1 Å². The van der Waals surface area contributed by atoms with E-state index < -0.39 is 69.7 Å². The fourth-order valence-corrected chi connectivity index (χ4v) is 6.24. The molecule has 1 saturated carbocycles. The number of anilines is 1. The van der Waals surface area contributed by atoms with E-state index in [1.807, 2.05) is 22.6 Å². The van der Waals surface area contributed by atoms with Crippen LogP contribution in [0.15, 0.2) is 23.0 Å². The molecule has 1 fully saturated rings. The number of fused-ring (bicyclic) bond motifs is 3. The van der Waals surface area contributed by atoms with Gasteiger partial charge in [-0.25, -0.2) is 0 Å².